The van der Waals surface area contributed by atoms with Gasteiger partial charge in [0.25, 0.3) is 5.91 Å². The second-order valence-electron chi connectivity index (χ2n) is 10.2. The van der Waals surface area contributed by atoms with E-state index in [-0.39, 0.29) is 16.6 Å². The molecule has 214 valence electrons. The normalized spacial score (nSPS) is 12.4. The van der Waals surface area contributed by atoms with Gasteiger partial charge in [0.2, 0.25) is 10.0 Å². The van der Waals surface area contributed by atoms with E-state index in [2.05, 4.69) is 15.0 Å². The van der Waals surface area contributed by atoms with Crippen molar-refractivity contribution in [1.82, 2.24) is 9.71 Å². The van der Waals surface area contributed by atoms with E-state index in [0.29, 0.717) is 11.3 Å². The van der Waals surface area contributed by atoms with Gasteiger partial charge in [-0.2, -0.15) is 4.72 Å². The van der Waals surface area contributed by atoms with Crippen molar-refractivity contribution in [2.24, 2.45) is 5.92 Å². The number of benzene rings is 3. The molecule has 0 aliphatic rings. The van der Waals surface area contributed by atoms with E-state index in [1.54, 1.807) is 50.5 Å². The summed E-state index contributed by atoms with van der Waals surface area (Å²) < 4.78 is 33.6. The number of carbonyl (C=O) groups excluding carboxylic acids is 1. The number of carbonyl (C=O) groups is 2. The number of aliphatic carboxylic acids is 1. The molecule has 5 rings (SSSR count). The van der Waals surface area contributed by atoms with E-state index in [0.717, 1.165) is 33.2 Å². The van der Waals surface area contributed by atoms with Crippen LogP contribution in [0.15, 0.2) is 101 Å². The zero-order chi connectivity index (χ0) is 30.0. The Morgan fingerprint density at radius 1 is 0.881 bits per heavy atom. The van der Waals surface area contributed by atoms with Gasteiger partial charge in [0.1, 0.15) is 11.6 Å². The molecule has 9 nitrogen and oxygen atoms in total. The molecule has 2 heterocycles. The van der Waals surface area contributed by atoms with Gasteiger partial charge in [-0.05, 0) is 65.9 Å². The Balaban J connectivity index is 1.32. The highest BCUT2D eigenvalue weighted by Crippen LogP contribution is 2.34. The second kappa shape index (κ2) is 11.6. The topological polar surface area (TPSA) is 139 Å². The second-order valence-corrected chi connectivity index (χ2v) is 11.9. The molecule has 0 aliphatic carbocycles. The summed E-state index contributed by atoms with van der Waals surface area (Å²) in [4.78, 5) is 28.8. The van der Waals surface area contributed by atoms with Gasteiger partial charge in [0.05, 0.1) is 4.90 Å². The number of amides is 1. The Bertz CT molecular complexity index is 1860. The van der Waals surface area contributed by atoms with Gasteiger partial charge in [-0.25, -0.2) is 8.42 Å². The largest absolute Gasteiger partial charge is 0.480 e. The molecule has 0 saturated heterocycles. The third-order valence-electron chi connectivity index (χ3n) is 6.99. The lowest BCUT2D eigenvalue weighted by Crippen LogP contribution is -2.44. The first-order valence-corrected chi connectivity index (χ1v) is 14.7. The van der Waals surface area contributed by atoms with Crippen LogP contribution in [0.5, 0.6) is 0 Å². The number of carboxylic acid groups (broad SMARTS) is 1. The van der Waals surface area contributed by atoms with Gasteiger partial charge in [0.15, 0.2) is 5.76 Å². The van der Waals surface area contributed by atoms with Crippen molar-refractivity contribution < 1.29 is 27.5 Å². The molecule has 3 N–H and O–H groups in total. The Labute approximate surface area is 243 Å². The fraction of sp³-hybridized carbons (Fsp3) is 0.156. The lowest BCUT2D eigenvalue weighted by Gasteiger charge is -2.18. The summed E-state index contributed by atoms with van der Waals surface area (Å²) in [7, 11) is -4.02. The average Bonchev–Trinajstić information content (AvgIpc) is 3.33. The fourth-order valence-electron chi connectivity index (χ4n) is 4.75. The molecule has 3 aromatic carbocycles. The predicted molar refractivity (Wildman–Crippen MR) is 161 cm³/mol. The fourth-order valence-corrected chi connectivity index (χ4v) is 6.09. The molecule has 1 atom stereocenters. The molecule has 0 radical (unpaired) electrons. The number of furan rings is 1. The standard InChI is InChI=1S/C32H29N3O6S/c1-19(2)29(32(37)38)35-42(39,40)25-15-11-22(12-16-25)21-9-13-24(14-10-21)34-31(36)30-20(3)28-26(7-4-8-27(28)41-30)23-6-5-17-33-18-23/h4-19,29,35H,1-3H3,(H,34,36)(H,37,38). The number of nitrogens with one attached hydrogen (secondary N) is 2. The van der Waals surface area contributed by atoms with Crippen molar-refractivity contribution in [2.45, 2.75) is 31.7 Å². The zero-order valence-electron chi connectivity index (χ0n) is 23.2. The van der Waals surface area contributed by atoms with Gasteiger partial charge in [0, 0.05) is 34.6 Å². The van der Waals surface area contributed by atoms with Crippen molar-refractivity contribution >= 4 is 38.6 Å². The number of pyridine rings is 1. The third-order valence-corrected chi connectivity index (χ3v) is 8.45. The van der Waals surface area contributed by atoms with E-state index in [1.807, 2.05) is 49.4 Å². The molecule has 0 saturated carbocycles. The maximum Gasteiger partial charge on any atom is 0.322 e. The monoisotopic (exact) mass is 583 g/mol. The van der Waals surface area contributed by atoms with Crippen LogP contribution < -0.4 is 10.0 Å². The number of sulfonamides is 1. The van der Waals surface area contributed by atoms with Crippen LogP contribution in [0.3, 0.4) is 0 Å². The number of rotatable bonds is 9. The Kier molecular flexibility index (Phi) is 7.93. The van der Waals surface area contributed by atoms with Crippen molar-refractivity contribution in [3.63, 3.8) is 0 Å². The molecule has 5 aromatic rings. The first kappa shape index (κ1) is 28.7. The molecule has 1 amide bonds. The SMILES string of the molecule is Cc1c(C(=O)Nc2ccc(-c3ccc(S(=O)(=O)NC(C(=O)O)C(C)C)cc3)cc2)oc2cccc(-c3cccnc3)c12. The molecule has 0 spiro atoms. The number of nitrogens with zero attached hydrogens (tertiary/aromatic N) is 1. The Morgan fingerprint density at radius 2 is 1.55 bits per heavy atom. The number of hydrogen-bond acceptors (Lipinski definition) is 6. The summed E-state index contributed by atoms with van der Waals surface area (Å²) in [5, 5.41) is 13.1. The van der Waals surface area contributed by atoms with Crippen molar-refractivity contribution in [2.75, 3.05) is 5.32 Å². The molecule has 0 fully saturated rings. The van der Waals surface area contributed by atoms with Crippen LogP contribution in [0, 0.1) is 12.8 Å². The Morgan fingerprint density at radius 3 is 2.14 bits per heavy atom. The van der Waals surface area contributed by atoms with Crippen LogP contribution in [-0.4, -0.2) is 36.4 Å². The van der Waals surface area contributed by atoms with Crippen LogP contribution in [-0.2, 0) is 14.8 Å². The lowest BCUT2D eigenvalue weighted by atomic mass is 10.00. The van der Waals surface area contributed by atoms with E-state index in [4.69, 9.17) is 4.42 Å². The summed E-state index contributed by atoms with van der Waals surface area (Å²) in [5.41, 5.74) is 5.31. The highest BCUT2D eigenvalue weighted by Gasteiger charge is 2.28. The van der Waals surface area contributed by atoms with Gasteiger partial charge in [-0.15, -0.1) is 0 Å². The van der Waals surface area contributed by atoms with Crippen LogP contribution in [0.25, 0.3) is 33.2 Å². The number of anilines is 1. The van der Waals surface area contributed by atoms with Crippen LogP contribution >= 0.6 is 0 Å². The van der Waals surface area contributed by atoms with E-state index >= 15 is 0 Å². The van der Waals surface area contributed by atoms with Crippen molar-refractivity contribution in [3.05, 3.63) is 103 Å². The molecule has 2 aromatic heterocycles. The number of aryl methyl sites for hydroxylation is 1. The summed E-state index contributed by atoms with van der Waals surface area (Å²) >= 11 is 0. The maximum absolute atomic E-state index is 13.2. The molecule has 42 heavy (non-hydrogen) atoms. The average molecular weight is 584 g/mol. The minimum absolute atomic E-state index is 0.0325. The van der Waals surface area contributed by atoms with Crippen LogP contribution in [0.2, 0.25) is 0 Å². The maximum atomic E-state index is 13.2. The van der Waals surface area contributed by atoms with Gasteiger partial charge < -0.3 is 14.8 Å². The number of aromatic nitrogens is 1. The molecule has 0 aliphatic heterocycles. The third kappa shape index (κ3) is 5.81. The van der Waals surface area contributed by atoms with Crippen molar-refractivity contribution in [1.29, 1.82) is 0 Å². The summed E-state index contributed by atoms with van der Waals surface area (Å²) in [6, 6.07) is 21.5. The minimum atomic E-state index is -4.02. The lowest BCUT2D eigenvalue weighted by molar-refractivity contribution is -0.140. The number of hydrogen-bond donors (Lipinski definition) is 3. The summed E-state index contributed by atoms with van der Waals surface area (Å²) in [5.74, 6) is -1.81. The van der Waals surface area contributed by atoms with E-state index in [1.165, 1.54) is 12.1 Å². The van der Waals surface area contributed by atoms with E-state index in [9.17, 15) is 23.1 Å². The van der Waals surface area contributed by atoms with Gasteiger partial charge in [-0.3, -0.25) is 14.6 Å². The highest BCUT2D eigenvalue weighted by atomic mass is 32.2. The van der Waals surface area contributed by atoms with Crippen LogP contribution in [0.4, 0.5) is 5.69 Å². The Hall–Kier alpha value is -4.80. The number of fused-ring (bicyclic) bond motifs is 1. The van der Waals surface area contributed by atoms with Crippen molar-refractivity contribution in [3.8, 4) is 22.3 Å². The molecule has 0 bridgehead atoms. The molecule has 10 heteroatoms. The highest BCUT2D eigenvalue weighted by molar-refractivity contribution is 7.89. The van der Waals surface area contributed by atoms with E-state index < -0.39 is 28.0 Å². The van der Waals surface area contributed by atoms with Gasteiger partial charge >= 0.3 is 5.97 Å². The van der Waals surface area contributed by atoms with Gasteiger partial charge in [-0.1, -0.05) is 56.3 Å². The first-order chi connectivity index (χ1) is 20.0. The van der Waals surface area contributed by atoms with Crippen LogP contribution in [0.1, 0.15) is 30.0 Å². The quantitative estimate of drug-likeness (QED) is 0.190. The summed E-state index contributed by atoms with van der Waals surface area (Å²) in [6.45, 7) is 5.12. The predicted octanol–water partition coefficient (Wildman–Crippen LogP) is 6.11. The first-order valence-electron chi connectivity index (χ1n) is 13.2. The molecule has 1 unspecified atom stereocenters. The summed E-state index contributed by atoms with van der Waals surface area (Å²) in [6.07, 6.45) is 3.48. The molecular weight excluding hydrogens is 554 g/mol. The smallest absolute Gasteiger partial charge is 0.322 e. The minimum Gasteiger partial charge on any atom is -0.480 e. The number of carboxylic acids is 1. The zero-order valence-corrected chi connectivity index (χ0v) is 24.0. The molecular formula is C32H29N3O6S.